The van der Waals surface area contributed by atoms with Crippen molar-refractivity contribution in [1.29, 1.82) is 5.26 Å². The Balaban J connectivity index is 1.59. The lowest BCUT2D eigenvalue weighted by Gasteiger charge is -2.31. The number of phenols is 1. The van der Waals surface area contributed by atoms with E-state index in [9.17, 15) is 20.0 Å². The van der Waals surface area contributed by atoms with Crippen LogP contribution in [0.3, 0.4) is 0 Å². The largest absolute Gasteiger partial charge is 0.508 e. The number of aromatic hydroxyl groups is 1. The van der Waals surface area contributed by atoms with Crippen LogP contribution >= 0.6 is 0 Å². The van der Waals surface area contributed by atoms with Gasteiger partial charge in [-0.25, -0.2) is 4.79 Å². The van der Waals surface area contributed by atoms with Gasteiger partial charge in [0.2, 0.25) is 5.91 Å². The topological polar surface area (TPSA) is 111 Å². The molecular formula is C24H27N3O4. The zero-order chi connectivity index (χ0) is 22.2. The van der Waals surface area contributed by atoms with Crippen molar-refractivity contribution >= 4 is 12.0 Å². The molecule has 2 aromatic carbocycles. The molecule has 3 atom stereocenters. The predicted molar refractivity (Wildman–Crippen MR) is 115 cm³/mol. The fraction of sp³-hybridized carbons (Fsp3) is 0.375. The van der Waals surface area contributed by atoms with Gasteiger partial charge in [-0.2, -0.15) is 5.26 Å². The van der Waals surface area contributed by atoms with E-state index in [2.05, 4.69) is 16.7 Å². The quantitative estimate of drug-likeness (QED) is 0.656. The van der Waals surface area contributed by atoms with Gasteiger partial charge in [-0.1, -0.05) is 54.8 Å². The lowest BCUT2D eigenvalue weighted by atomic mass is 9.83. The SMILES string of the molecule is Cc1cccc(COC(=O)N[C@@H]2CCCC[C@H]2C(=O)NC(C#N)c2cccc(O)c2)c1. The van der Waals surface area contributed by atoms with Crippen LogP contribution in [-0.4, -0.2) is 23.1 Å². The minimum absolute atomic E-state index is 0.0283. The standard InChI is InChI=1S/C24H27N3O4/c1-16-6-4-7-17(12-16)15-31-24(30)27-21-11-3-2-10-20(21)23(29)26-22(14-25)18-8-5-9-19(28)13-18/h4-9,12-13,20-22,28H,2-3,10-11,15H2,1H3,(H,26,29)(H,27,30)/t20-,21-,22?/m1/s1. The smallest absolute Gasteiger partial charge is 0.407 e. The van der Waals surface area contributed by atoms with Gasteiger partial charge in [0.1, 0.15) is 18.4 Å². The highest BCUT2D eigenvalue weighted by atomic mass is 16.5. The Kier molecular flexibility index (Phi) is 7.50. The van der Waals surface area contributed by atoms with Gasteiger partial charge in [0.25, 0.3) is 0 Å². The van der Waals surface area contributed by atoms with Gasteiger partial charge in [-0.05, 0) is 43.0 Å². The van der Waals surface area contributed by atoms with E-state index >= 15 is 0 Å². The Labute approximate surface area is 182 Å². The monoisotopic (exact) mass is 421 g/mol. The second-order valence-electron chi connectivity index (χ2n) is 7.87. The normalized spacial score (nSPS) is 19.0. The average molecular weight is 421 g/mol. The first kappa shape index (κ1) is 22.2. The van der Waals surface area contributed by atoms with Crippen LogP contribution in [0.4, 0.5) is 4.79 Å². The third-order valence-electron chi connectivity index (χ3n) is 5.48. The van der Waals surface area contributed by atoms with Gasteiger partial charge in [-0.15, -0.1) is 0 Å². The molecule has 7 heteroatoms. The summed E-state index contributed by atoms with van der Waals surface area (Å²) < 4.78 is 5.34. The highest BCUT2D eigenvalue weighted by Gasteiger charge is 2.33. The maximum Gasteiger partial charge on any atom is 0.407 e. The highest BCUT2D eigenvalue weighted by Crippen LogP contribution is 2.26. The molecular weight excluding hydrogens is 394 g/mol. The molecule has 1 unspecified atom stereocenters. The van der Waals surface area contributed by atoms with Crippen LogP contribution in [0.25, 0.3) is 0 Å². The Hall–Kier alpha value is -3.53. The van der Waals surface area contributed by atoms with E-state index < -0.39 is 18.1 Å². The number of phenolic OH excluding ortho intramolecular Hbond substituents is 1. The predicted octanol–water partition coefficient (Wildman–Crippen LogP) is 3.87. The van der Waals surface area contributed by atoms with Crippen LogP contribution in [0.5, 0.6) is 5.75 Å². The highest BCUT2D eigenvalue weighted by molar-refractivity contribution is 5.81. The van der Waals surface area contributed by atoms with E-state index in [1.54, 1.807) is 12.1 Å². The third kappa shape index (κ3) is 6.22. The molecule has 3 N–H and O–H groups in total. The number of nitrogens with one attached hydrogen (secondary N) is 2. The number of aryl methyl sites for hydroxylation is 1. The molecule has 1 aliphatic rings. The Morgan fingerprint density at radius 3 is 2.71 bits per heavy atom. The zero-order valence-electron chi connectivity index (χ0n) is 17.5. The van der Waals surface area contributed by atoms with Gasteiger partial charge in [0, 0.05) is 6.04 Å². The molecule has 0 heterocycles. The number of rotatable bonds is 6. The Morgan fingerprint density at radius 2 is 1.97 bits per heavy atom. The fourth-order valence-corrected chi connectivity index (χ4v) is 3.91. The second-order valence-corrected chi connectivity index (χ2v) is 7.87. The first-order chi connectivity index (χ1) is 15.0. The average Bonchev–Trinajstić information content (AvgIpc) is 2.76. The van der Waals surface area contributed by atoms with Crippen LogP contribution in [0.2, 0.25) is 0 Å². The van der Waals surface area contributed by atoms with Crippen LogP contribution in [0.1, 0.15) is 48.4 Å². The van der Waals surface area contributed by atoms with Crippen LogP contribution in [0.15, 0.2) is 48.5 Å². The Bertz CT molecular complexity index is 969. The van der Waals surface area contributed by atoms with E-state index in [-0.39, 0.29) is 24.3 Å². The summed E-state index contributed by atoms with van der Waals surface area (Å²) in [5.41, 5.74) is 2.49. The maximum atomic E-state index is 12.9. The molecule has 0 saturated heterocycles. The van der Waals surface area contributed by atoms with Crippen molar-refractivity contribution in [3.05, 3.63) is 65.2 Å². The van der Waals surface area contributed by atoms with Crippen molar-refractivity contribution in [3.8, 4) is 11.8 Å². The van der Waals surface area contributed by atoms with E-state index in [1.165, 1.54) is 12.1 Å². The minimum atomic E-state index is -0.879. The summed E-state index contributed by atoms with van der Waals surface area (Å²) in [4.78, 5) is 25.2. The van der Waals surface area contributed by atoms with Crippen LogP contribution < -0.4 is 10.6 Å². The first-order valence-corrected chi connectivity index (χ1v) is 10.4. The summed E-state index contributed by atoms with van der Waals surface area (Å²) in [6.45, 7) is 2.13. The molecule has 1 saturated carbocycles. The van der Waals surface area contributed by atoms with Crippen LogP contribution in [0, 0.1) is 24.2 Å². The number of ether oxygens (including phenoxy) is 1. The number of hydrogen-bond donors (Lipinski definition) is 3. The first-order valence-electron chi connectivity index (χ1n) is 10.4. The van der Waals surface area contributed by atoms with Crippen molar-refractivity contribution < 1.29 is 19.4 Å². The summed E-state index contributed by atoms with van der Waals surface area (Å²) in [5.74, 6) is -0.715. The van der Waals surface area contributed by atoms with Gasteiger partial charge < -0.3 is 20.5 Å². The molecule has 0 aromatic heterocycles. The van der Waals surface area contributed by atoms with Gasteiger partial charge in [-0.3, -0.25) is 4.79 Å². The summed E-state index contributed by atoms with van der Waals surface area (Å²) in [6, 6.07) is 14.8. The van der Waals surface area contributed by atoms with E-state index in [0.717, 1.165) is 24.0 Å². The number of benzene rings is 2. The van der Waals surface area contributed by atoms with E-state index in [0.29, 0.717) is 18.4 Å². The van der Waals surface area contributed by atoms with Crippen LogP contribution in [-0.2, 0) is 16.1 Å². The van der Waals surface area contributed by atoms with E-state index in [1.807, 2.05) is 31.2 Å². The zero-order valence-corrected chi connectivity index (χ0v) is 17.5. The lowest BCUT2D eigenvalue weighted by molar-refractivity contribution is -0.127. The van der Waals surface area contributed by atoms with E-state index in [4.69, 9.17) is 4.74 Å². The fourth-order valence-electron chi connectivity index (χ4n) is 3.91. The number of alkyl carbamates (subject to hydrolysis) is 1. The minimum Gasteiger partial charge on any atom is -0.508 e. The van der Waals surface area contributed by atoms with Crippen molar-refractivity contribution in [3.63, 3.8) is 0 Å². The summed E-state index contributed by atoms with van der Waals surface area (Å²) in [5, 5.41) is 24.7. The summed E-state index contributed by atoms with van der Waals surface area (Å²) in [6.07, 6.45) is 2.50. The third-order valence-corrected chi connectivity index (χ3v) is 5.48. The molecule has 0 spiro atoms. The van der Waals surface area contributed by atoms with Gasteiger partial charge in [0.05, 0.1) is 12.0 Å². The van der Waals surface area contributed by atoms with Crippen molar-refractivity contribution in [2.75, 3.05) is 0 Å². The number of carbonyl (C=O) groups excluding carboxylic acids is 2. The van der Waals surface area contributed by atoms with Crippen molar-refractivity contribution in [2.24, 2.45) is 5.92 Å². The molecule has 1 aliphatic carbocycles. The Morgan fingerprint density at radius 1 is 1.19 bits per heavy atom. The number of nitriles is 1. The molecule has 31 heavy (non-hydrogen) atoms. The van der Waals surface area contributed by atoms with Gasteiger partial charge >= 0.3 is 6.09 Å². The van der Waals surface area contributed by atoms with Crippen molar-refractivity contribution in [2.45, 2.75) is 51.3 Å². The second kappa shape index (κ2) is 10.5. The lowest BCUT2D eigenvalue weighted by Crippen LogP contribution is -2.49. The summed E-state index contributed by atoms with van der Waals surface area (Å²) >= 11 is 0. The molecule has 2 aromatic rings. The molecule has 0 aliphatic heterocycles. The number of carbonyl (C=O) groups is 2. The molecule has 1 fully saturated rings. The maximum absolute atomic E-state index is 12.9. The molecule has 3 rings (SSSR count). The molecule has 0 radical (unpaired) electrons. The molecule has 162 valence electrons. The number of hydrogen-bond acceptors (Lipinski definition) is 5. The number of nitrogens with zero attached hydrogens (tertiary/aromatic N) is 1. The summed E-state index contributed by atoms with van der Waals surface area (Å²) in [7, 11) is 0. The molecule has 7 nitrogen and oxygen atoms in total. The molecule has 0 bridgehead atoms. The van der Waals surface area contributed by atoms with Crippen molar-refractivity contribution in [1.82, 2.24) is 10.6 Å². The number of amides is 2. The molecule has 2 amide bonds. The van der Waals surface area contributed by atoms with Gasteiger partial charge in [0.15, 0.2) is 0 Å².